The topological polar surface area (TPSA) is 88.1 Å². The SMILES string of the molecule is COc1ccc(-c2ccc(N3CCN(C(=O)CN(C(=O)c4ccccc4Cl)C(C)c4ccccc4)CC3)nn2)cc1OC. The molecule has 1 atom stereocenters. The zero-order valence-electron chi connectivity index (χ0n) is 24.4. The van der Waals surface area contributed by atoms with Gasteiger partial charge in [0.1, 0.15) is 6.54 Å². The van der Waals surface area contributed by atoms with Crippen LogP contribution in [0.3, 0.4) is 0 Å². The minimum Gasteiger partial charge on any atom is -0.493 e. The maximum absolute atomic E-state index is 13.7. The molecule has 0 saturated carbocycles. The fourth-order valence-electron chi connectivity index (χ4n) is 5.16. The van der Waals surface area contributed by atoms with Gasteiger partial charge in [0.2, 0.25) is 5.91 Å². The smallest absolute Gasteiger partial charge is 0.256 e. The third-order valence-electron chi connectivity index (χ3n) is 7.71. The molecule has 9 nitrogen and oxygen atoms in total. The van der Waals surface area contributed by atoms with E-state index in [1.165, 1.54) is 0 Å². The Labute approximate surface area is 256 Å². The van der Waals surface area contributed by atoms with Gasteiger partial charge in [-0.2, -0.15) is 0 Å². The summed E-state index contributed by atoms with van der Waals surface area (Å²) in [5.41, 5.74) is 2.90. The second kappa shape index (κ2) is 13.6. The van der Waals surface area contributed by atoms with Crippen LogP contribution < -0.4 is 14.4 Å². The minimum atomic E-state index is -0.324. The number of anilines is 1. The van der Waals surface area contributed by atoms with Gasteiger partial charge in [-0.3, -0.25) is 9.59 Å². The number of carbonyl (C=O) groups is 2. The molecule has 0 N–H and O–H groups in total. The van der Waals surface area contributed by atoms with Crippen molar-refractivity contribution in [3.05, 3.63) is 101 Å². The Balaban J connectivity index is 1.25. The monoisotopic (exact) mass is 599 g/mol. The van der Waals surface area contributed by atoms with Crippen molar-refractivity contribution in [3.8, 4) is 22.8 Å². The van der Waals surface area contributed by atoms with Gasteiger partial charge >= 0.3 is 0 Å². The van der Waals surface area contributed by atoms with Crippen molar-refractivity contribution in [2.24, 2.45) is 0 Å². The van der Waals surface area contributed by atoms with Crippen LogP contribution in [-0.4, -0.2) is 78.8 Å². The third-order valence-corrected chi connectivity index (χ3v) is 8.04. The molecule has 1 aromatic heterocycles. The average Bonchev–Trinajstić information content (AvgIpc) is 3.07. The number of benzene rings is 3. The van der Waals surface area contributed by atoms with E-state index in [0.29, 0.717) is 54.0 Å². The molecule has 0 aliphatic carbocycles. The van der Waals surface area contributed by atoms with E-state index < -0.39 is 0 Å². The van der Waals surface area contributed by atoms with Gasteiger partial charge < -0.3 is 24.2 Å². The molecule has 1 unspecified atom stereocenters. The Hall–Kier alpha value is -4.63. The number of ether oxygens (including phenoxy) is 2. The molecule has 43 heavy (non-hydrogen) atoms. The molecular weight excluding hydrogens is 566 g/mol. The molecule has 0 spiro atoms. The predicted molar refractivity (Wildman–Crippen MR) is 167 cm³/mol. The Bertz CT molecular complexity index is 1560. The van der Waals surface area contributed by atoms with Gasteiger partial charge in [-0.05, 0) is 55.0 Å². The molecule has 2 heterocycles. The van der Waals surface area contributed by atoms with E-state index in [2.05, 4.69) is 15.1 Å². The maximum atomic E-state index is 13.7. The van der Waals surface area contributed by atoms with Crippen LogP contribution in [0.25, 0.3) is 11.3 Å². The standard InChI is InChI=1S/C33H34ClN5O4/c1-23(24-9-5-4-6-10-24)39(33(41)26-11-7-8-12-27(26)34)22-32(40)38-19-17-37(18-20-38)31-16-14-28(35-36-31)25-13-15-29(42-2)30(21-25)43-3/h4-16,21,23H,17-20,22H2,1-3H3. The molecule has 2 amide bonds. The normalized spacial score (nSPS) is 13.8. The van der Waals surface area contributed by atoms with Gasteiger partial charge in [0, 0.05) is 31.7 Å². The number of aromatic nitrogens is 2. The third kappa shape index (κ3) is 6.73. The first-order valence-electron chi connectivity index (χ1n) is 14.1. The molecule has 0 radical (unpaired) electrons. The minimum absolute atomic E-state index is 0.0556. The number of amides is 2. The highest BCUT2D eigenvalue weighted by Gasteiger charge is 2.30. The van der Waals surface area contributed by atoms with Gasteiger partial charge in [-0.25, -0.2) is 0 Å². The summed E-state index contributed by atoms with van der Waals surface area (Å²) >= 11 is 6.37. The summed E-state index contributed by atoms with van der Waals surface area (Å²) in [5, 5.41) is 9.24. The van der Waals surface area contributed by atoms with Crippen LogP contribution in [0.15, 0.2) is 84.9 Å². The number of halogens is 1. The molecule has 222 valence electrons. The summed E-state index contributed by atoms with van der Waals surface area (Å²) in [6.45, 7) is 4.09. The van der Waals surface area contributed by atoms with E-state index in [1.54, 1.807) is 48.3 Å². The zero-order chi connectivity index (χ0) is 30.3. The van der Waals surface area contributed by atoms with Gasteiger partial charge in [0.15, 0.2) is 17.3 Å². The summed E-state index contributed by atoms with van der Waals surface area (Å²) in [4.78, 5) is 32.7. The second-order valence-electron chi connectivity index (χ2n) is 10.2. The number of nitrogens with zero attached hydrogens (tertiary/aromatic N) is 5. The average molecular weight is 600 g/mol. The van der Waals surface area contributed by atoms with Crippen LogP contribution in [0, 0.1) is 0 Å². The first-order valence-corrected chi connectivity index (χ1v) is 14.5. The van der Waals surface area contributed by atoms with E-state index >= 15 is 0 Å². The fraction of sp³-hybridized carbons (Fsp3) is 0.273. The molecule has 1 aliphatic heterocycles. The van der Waals surface area contributed by atoms with E-state index in [1.807, 2.05) is 67.6 Å². The maximum Gasteiger partial charge on any atom is 0.256 e. The molecule has 4 aromatic rings. The predicted octanol–water partition coefficient (Wildman–Crippen LogP) is 5.37. The van der Waals surface area contributed by atoms with Gasteiger partial charge in [-0.1, -0.05) is 54.1 Å². The molecule has 1 saturated heterocycles. The van der Waals surface area contributed by atoms with Gasteiger partial charge in [-0.15, -0.1) is 10.2 Å². The molecule has 10 heteroatoms. The van der Waals surface area contributed by atoms with Crippen molar-refractivity contribution in [1.82, 2.24) is 20.0 Å². The summed E-state index contributed by atoms with van der Waals surface area (Å²) in [5.74, 6) is 1.62. The largest absolute Gasteiger partial charge is 0.493 e. The Morgan fingerprint density at radius 1 is 0.860 bits per heavy atom. The summed E-state index contributed by atoms with van der Waals surface area (Å²) in [7, 11) is 3.19. The number of piperazine rings is 1. The summed E-state index contributed by atoms with van der Waals surface area (Å²) in [6, 6.07) is 25.8. The van der Waals surface area contributed by atoms with Crippen LogP contribution in [0.1, 0.15) is 28.9 Å². The van der Waals surface area contributed by atoms with Crippen molar-refractivity contribution in [2.45, 2.75) is 13.0 Å². The van der Waals surface area contributed by atoms with Crippen LogP contribution in [0.2, 0.25) is 5.02 Å². The van der Waals surface area contributed by atoms with Crippen LogP contribution >= 0.6 is 11.6 Å². The number of rotatable bonds is 9. The number of hydrogen-bond acceptors (Lipinski definition) is 7. The second-order valence-corrected chi connectivity index (χ2v) is 10.6. The van der Waals surface area contributed by atoms with E-state index in [4.69, 9.17) is 21.1 Å². The van der Waals surface area contributed by atoms with Crippen LogP contribution in [0.4, 0.5) is 5.82 Å². The van der Waals surface area contributed by atoms with Crippen molar-refractivity contribution < 1.29 is 19.1 Å². The first-order chi connectivity index (χ1) is 20.9. The van der Waals surface area contributed by atoms with Crippen molar-refractivity contribution in [1.29, 1.82) is 0 Å². The number of hydrogen-bond donors (Lipinski definition) is 0. The highest BCUT2D eigenvalue weighted by atomic mass is 35.5. The molecular formula is C33H34ClN5O4. The van der Waals surface area contributed by atoms with Gasteiger partial charge in [0.05, 0.1) is 36.5 Å². The highest BCUT2D eigenvalue weighted by molar-refractivity contribution is 6.33. The summed E-state index contributed by atoms with van der Waals surface area (Å²) < 4.78 is 10.7. The Kier molecular flexibility index (Phi) is 9.41. The molecule has 3 aromatic carbocycles. The lowest BCUT2D eigenvalue weighted by atomic mass is 10.1. The van der Waals surface area contributed by atoms with E-state index in [0.717, 1.165) is 16.9 Å². The number of carbonyl (C=O) groups excluding carboxylic acids is 2. The lowest BCUT2D eigenvalue weighted by Gasteiger charge is -2.37. The fourth-order valence-corrected chi connectivity index (χ4v) is 5.38. The lowest BCUT2D eigenvalue weighted by Crippen LogP contribution is -2.52. The Morgan fingerprint density at radius 2 is 1.56 bits per heavy atom. The van der Waals surface area contributed by atoms with Crippen LogP contribution in [0.5, 0.6) is 11.5 Å². The Morgan fingerprint density at radius 3 is 2.21 bits per heavy atom. The molecule has 0 bridgehead atoms. The highest BCUT2D eigenvalue weighted by Crippen LogP contribution is 2.32. The quantitative estimate of drug-likeness (QED) is 0.256. The van der Waals surface area contributed by atoms with Crippen LogP contribution in [-0.2, 0) is 4.79 Å². The molecule has 1 fully saturated rings. The van der Waals surface area contributed by atoms with E-state index in [9.17, 15) is 9.59 Å². The number of methoxy groups -OCH3 is 2. The summed E-state index contributed by atoms with van der Waals surface area (Å²) in [6.07, 6.45) is 0. The lowest BCUT2D eigenvalue weighted by molar-refractivity contribution is -0.132. The van der Waals surface area contributed by atoms with Crippen molar-refractivity contribution in [3.63, 3.8) is 0 Å². The molecule has 5 rings (SSSR count). The molecule has 1 aliphatic rings. The van der Waals surface area contributed by atoms with Crippen molar-refractivity contribution in [2.75, 3.05) is 51.8 Å². The zero-order valence-corrected chi connectivity index (χ0v) is 25.2. The van der Waals surface area contributed by atoms with Gasteiger partial charge in [0.25, 0.3) is 5.91 Å². The van der Waals surface area contributed by atoms with Crippen molar-refractivity contribution >= 4 is 29.2 Å². The first kappa shape index (κ1) is 29.8. The van der Waals surface area contributed by atoms with E-state index in [-0.39, 0.29) is 24.4 Å².